The van der Waals surface area contributed by atoms with Crippen molar-refractivity contribution in [3.8, 4) is 0 Å². The summed E-state index contributed by atoms with van der Waals surface area (Å²) in [5, 5.41) is 8.88. The van der Waals surface area contributed by atoms with E-state index in [1.807, 2.05) is 19.9 Å². The Morgan fingerprint density at radius 3 is 1.95 bits per heavy atom. The lowest BCUT2D eigenvalue weighted by Gasteiger charge is -2.26. The van der Waals surface area contributed by atoms with E-state index in [-0.39, 0.29) is 11.3 Å². The first kappa shape index (κ1) is 17.7. The lowest BCUT2D eigenvalue weighted by atomic mass is 10.0. The lowest BCUT2D eigenvalue weighted by molar-refractivity contribution is -0.138. The van der Waals surface area contributed by atoms with Crippen LogP contribution in [0, 0.1) is 27.7 Å². The van der Waals surface area contributed by atoms with E-state index in [0.717, 1.165) is 11.1 Å². The van der Waals surface area contributed by atoms with Gasteiger partial charge in [0, 0.05) is 5.54 Å². The predicted molar refractivity (Wildman–Crippen MR) is 82.0 cm³/mol. The number of aliphatic carboxylic acids is 1. The van der Waals surface area contributed by atoms with Crippen molar-refractivity contribution in [2.24, 2.45) is 0 Å². The summed E-state index contributed by atoms with van der Waals surface area (Å²) in [6, 6.07) is 1.95. The first-order valence-corrected chi connectivity index (χ1v) is 8.19. The fourth-order valence-electron chi connectivity index (χ4n) is 2.41. The second-order valence-electron chi connectivity index (χ2n) is 6.15. The van der Waals surface area contributed by atoms with Crippen molar-refractivity contribution in [2.45, 2.75) is 58.4 Å². The van der Waals surface area contributed by atoms with Crippen LogP contribution in [0.25, 0.3) is 0 Å². The molecule has 0 saturated heterocycles. The van der Waals surface area contributed by atoms with Crippen LogP contribution in [0.2, 0.25) is 0 Å². The molecule has 0 saturated carbocycles. The zero-order valence-electron chi connectivity index (χ0n) is 13.4. The second kappa shape index (κ2) is 5.77. The van der Waals surface area contributed by atoms with Crippen molar-refractivity contribution in [1.82, 2.24) is 4.72 Å². The SMILES string of the molecule is Cc1cc(C)c(C)c(S(=O)(=O)NC(C)(C)CC(=O)O)c1C. The minimum atomic E-state index is -3.78. The summed E-state index contributed by atoms with van der Waals surface area (Å²) in [5.41, 5.74) is 2.12. The molecule has 0 fully saturated rings. The van der Waals surface area contributed by atoms with Crippen LogP contribution >= 0.6 is 0 Å². The number of carbonyl (C=O) groups is 1. The Hall–Kier alpha value is -1.40. The third kappa shape index (κ3) is 4.04. The quantitative estimate of drug-likeness (QED) is 0.874. The number of hydrogen-bond acceptors (Lipinski definition) is 3. The molecule has 1 aromatic rings. The van der Waals surface area contributed by atoms with Crippen LogP contribution < -0.4 is 4.72 Å². The third-order valence-electron chi connectivity index (χ3n) is 3.57. The van der Waals surface area contributed by atoms with E-state index in [4.69, 9.17) is 5.11 Å². The van der Waals surface area contributed by atoms with Gasteiger partial charge in [0.15, 0.2) is 0 Å². The summed E-state index contributed by atoms with van der Waals surface area (Å²) in [5.74, 6) is -1.04. The van der Waals surface area contributed by atoms with Gasteiger partial charge in [0.2, 0.25) is 10.0 Å². The van der Waals surface area contributed by atoms with Gasteiger partial charge in [-0.05, 0) is 63.8 Å². The molecule has 0 amide bonds. The lowest BCUT2D eigenvalue weighted by Crippen LogP contribution is -2.45. The Morgan fingerprint density at radius 2 is 1.57 bits per heavy atom. The van der Waals surface area contributed by atoms with Gasteiger partial charge < -0.3 is 5.11 Å². The number of rotatable bonds is 5. The fourth-order valence-corrected chi connectivity index (χ4v) is 4.44. The maximum absolute atomic E-state index is 12.7. The van der Waals surface area contributed by atoms with Gasteiger partial charge >= 0.3 is 5.97 Å². The summed E-state index contributed by atoms with van der Waals surface area (Å²) in [7, 11) is -3.78. The second-order valence-corrected chi connectivity index (χ2v) is 7.77. The predicted octanol–water partition coefficient (Wildman–Crippen LogP) is 2.45. The average molecular weight is 313 g/mol. The summed E-state index contributed by atoms with van der Waals surface area (Å²) >= 11 is 0. The molecular weight excluding hydrogens is 290 g/mol. The average Bonchev–Trinajstić information content (AvgIpc) is 2.22. The van der Waals surface area contributed by atoms with Crippen LogP contribution in [-0.4, -0.2) is 25.0 Å². The maximum Gasteiger partial charge on any atom is 0.305 e. The van der Waals surface area contributed by atoms with Gasteiger partial charge in [-0.1, -0.05) is 6.07 Å². The molecule has 6 heteroatoms. The molecule has 0 unspecified atom stereocenters. The van der Waals surface area contributed by atoms with E-state index in [1.54, 1.807) is 27.7 Å². The number of benzene rings is 1. The topological polar surface area (TPSA) is 83.5 Å². The summed E-state index contributed by atoms with van der Waals surface area (Å²) in [6.07, 6.45) is -0.283. The molecule has 0 aliphatic heterocycles. The van der Waals surface area contributed by atoms with Crippen LogP contribution in [-0.2, 0) is 14.8 Å². The summed E-state index contributed by atoms with van der Waals surface area (Å²) in [4.78, 5) is 11.1. The van der Waals surface area contributed by atoms with Gasteiger partial charge in [0.05, 0.1) is 11.3 Å². The molecule has 0 atom stereocenters. The summed E-state index contributed by atoms with van der Waals surface area (Å²) in [6.45, 7) is 10.4. The zero-order chi connectivity index (χ0) is 16.6. The molecule has 118 valence electrons. The van der Waals surface area contributed by atoms with Crippen molar-refractivity contribution in [3.63, 3.8) is 0 Å². The molecule has 0 aromatic heterocycles. The van der Waals surface area contributed by atoms with Crippen molar-refractivity contribution >= 4 is 16.0 Å². The molecule has 5 nitrogen and oxygen atoms in total. The summed E-state index contributed by atoms with van der Waals surface area (Å²) < 4.78 is 27.9. The first-order valence-electron chi connectivity index (χ1n) is 6.70. The Labute approximate surface area is 126 Å². The molecule has 1 aromatic carbocycles. The molecular formula is C15H23NO4S. The molecule has 0 heterocycles. The Morgan fingerprint density at radius 1 is 1.14 bits per heavy atom. The van der Waals surface area contributed by atoms with Crippen LogP contribution in [0.15, 0.2) is 11.0 Å². The molecule has 0 spiro atoms. The highest BCUT2D eigenvalue weighted by Gasteiger charge is 2.31. The standard InChI is InChI=1S/C15H23NO4S/c1-9-7-10(2)12(4)14(11(9)3)21(19,20)16-15(5,6)8-13(17)18/h7,16H,8H2,1-6H3,(H,17,18). The smallest absolute Gasteiger partial charge is 0.305 e. The number of aryl methyl sites for hydroxylation is 2. The molecule has 0 bridgehead atoms. The van der Waals surface area contributed by atoms with E-state index < -0.39 is 21.5 Å². The number of carboxylic acid groups (broad SMARTS) is 1. The Balaban J connectivity index is 3.36. The van der Waals surface area contributed by atoms with E-state index in [2.05, 4.69) is 4.72 Å². The highest BCUT2D eigenvalue weighted by molar-refractivity contribution is 7.89. The molecule has 1 rings (SSSR count). The largest absolute Gasteiger partial charge is 0.481 e. The molecule has 0 aliphatic rings. The zero-order valence-corrected chi connectivity index (χ0v) is 14.2. The number of carboxylic acids is 1. The number of nitrogens with one attached hydrogen (secondary N) is 1. The van der Waals surface area contributed by atoms with Crippen LogP contribution in [0.1, 0.15) is 42.5 Å². The molecule has 21 heavy (non-hydrogen) atoms. The van der Waals surface area contributed by atoms with Crippen LogP contribution in [0.3, 0.4) is 0 Å². The van der Waals surface area contributed by atoms with Crippen molar-refractivity contribution in [2.75, 3.05) is 0 Å². The highest BCUT2D eigenvalue weighted by Crippen LogP contribution is 2.27. The van der Waals surface area contributed by atoms with Crippen molar-refractivity contribution in [1.29, 1.82) is 0 Å². The van der Waals surface area contributed by atoms with Gasteiger partial charge in [-0.15, -0.1) is 0 Å². The van der Waals surface area contributed by atoms with E-state index in [9.17, 15) is 13.2 Å². The monoisotopic (exact) mass is 313 g/mol. The minimum absolute atomic E-state index is 0.249. The van der Waals surface area contributed by atoms with Crippen LogP contribution in [0.5, 0.6) is 0 Å². The molecule has 0 aliphatic carbocycles. The first-order chi connectivity index (χ1) is 9.37. The normalized spacial score (nSPS) is 12.5. The van der Waals surface area contributed by atoms with Gasteiger partial charge in [0.25, 0.3) is 0 Å². The van der Waals surface area contributed by atoms with Crippen molar-refractivity contribution < 1.29 is 18.3 Å². The minimum Gasteiger partial charge on any atom is -0.481 e. The van der Waals surface area contributed by atoms with Gasteiger partial charge in [-0.3, -0.25) is 4.79 Å². The van der Waals surface area contributed by atoms with E-state index in [1.165, 1.54) is 0 Å². The van der Waals surface area contributed by atoms with Gasteiger partial charge in [0.1, 0.15) is 0 Å². The Bertz CT molecular complexity index is 649. The highest BCUT2D eigenvalue weighted by atomic mass is 32.2. The molecule has 0 radical (unpaired) electrons. The fraction of sp³-hybridized carbons (Fsp3) is 0.533. The molecule has 2 N–H and O–H groups in total. The van der Waals surface area contributed by atoms with Crippen molar-refractivity contribution in [3.05, 3.63) is 28.3 Å². The Kier molecular flexibility index (Phi) is 4.85. The maximum atomic E-state index is 12.7. The third-order valence-corrected chi connectivity index (χ3v) is 5.54. The number of sulfonamides is 1. The van der Waals surface area contributed by atoms with Gasteiger partial charge in [-0.2, -0.15) is 0 Å². The van der Waals surface area contributed by atoms with E-state index in [0.29, 0.717) is 11.1 Å². The number of hydrogen-bond donors (Lipinski definition) is 2. The van der Waals surface area contributed by atoms with Crippen LogP contribution in [0.4, 0.5) is 0 Å². The van der Waals surface area contributed by atoms with Gasteiger partial charge in [-0.25, -0.2) is 13.1 Å². The van der Waals surface area contributed by atoms with E-state index >= 15 is 0 Å².